The molecule has 1 atom stereocenters. The summed E-state index contributed by atoms with van der Waals surface area (Å²) in [5.41, 5.74) is 7.36. The van der Waals surface area contributed by atoms with Crippen LogP contribution in [0.15, 0.2) is 18.2 Å². The Balaban J connectivity index is 1.99. The molecule has 0 amide bonds. The van der Waals surface area contributed by atoms with E-state index in [4.69, 9.17) is 10.8 Å². The minimum Gasteiger partial charge on any atom is -0.398 e. The van der Waals surface area contributed by atoms with Crippen LogP contribution >= 0.6 is 0 Å². The van der Waals surface area contributed by atoms with Crippen molar-refractivity contribution >= 4 is 5.69 Å². The van der Waals surface area contributed by atoms with E-state index in [1.54, 1.807) is 6.07 Å². The summed E-state index contributed by atoms with van der Waals surface area (Å²) in [7, 11) is 0. The molecule has 4 heteroatoms. The van der Waals surface area contributed by atoms with Crippen molar-refractivity contribution in [3.63, 3.8) is 0 Å². The Morgan fingerprint density at radius 3 is 3.00 bits per heavy atom. The number of hydrogen-bond donors (Lipinski definition) is 2. The average Bonchev–Trinajstić information content (AvgIpc) is 2.77. The normalized spacial score (nSPS) is 20.4. The molecule has 0 spiro atoms. The summed E-state index contributed by atoms with van der Waals surface area (Å²) in [5.74, 6) is -0.283. The Morgan fingerprint density at radius 1 is 1.44 bits per heavy atom. The fourth-order valence-electron chi connectivity index (χ4n) is 2.69. The maximum atomic E-state index is 13.0. The van der Waals surface area contributed by atoms with Crippen LogP contribution in [0.2, 0.25) is 0 Å². The van der Waals surface area contributed by atoms with Crippen molar-refractivity contribution < 1.29 is 9.50 Å². The van der Waals surface area contributed by atoms with Gasteiger partial charge in [0.05, 0.1) is 0 Å². The van der Waals surface area contributed by atoms with Crippen molar-refractivity contribution in [3.05, 3.63) is 29.6 Å². The largest absolute Gasteiger partial charge is 0.398 e. The van der Waals surface area contributed by atoms with E-state index in [-0.39, 0.29) is 12.4 Å². The number of aliphatic hydroxyl groups is 1. The van der Waals surface area contributed by atoms with Gasteiger partial charge < -0.3 is 10.8 Å². The molecule has 2 rings (SSSR count). The molecule has 0 bridgehead atoms. The van der Waals surface area contributed by atoms with Gasteiger partial charge in [-0.05, 0) is 49.9 Å². The summed E-state index contributed by atoms with van der Waals surface area (Å²) in [5, 5.41) is 8.90. The van der Waals surface area contributed by atoms with Crippen LogP contribution in [0.4, 0.5) is 10.1 Å². The zero-order valence-electron chi connectivity index (χ0n) is 10.6. The molecular weight excluding hydrogens is 231 g/mol. The monoisotopic (exact) mass is 252 g/mol. The van der Waals surface area contributed by atoms with E-state index in [0.717, 1.165) is 31.5 Å². The third kappa shape index (κ3) is 3.21. The van der Waals surface area contributed by atoms with E-state index in [0.29, 0.717) is 11.7 Å². The highest BCUT2D eigenvalue weighted by Gasteiger charge is 2.24. The van der Waals surface area contributed by atoms with Crippen molar-refractivity contribution in [2.45, 2.75) is 38.3 Å². The number of aliphatic hydroxyl groups excluding tert-OH is 1. The first-order valence-electron chi connectivity index (χ1n) is 6.59. The second-order valence-corrected chi connectivity index (χ2v) is 4.98. The van der Waals surface area contributed by atoms with Crippen LogP contribution in [0.1, 0.15) is 31.2 Å². The number of likely N-dealkylation sites (tertiary alicyclic amines) is 1. The standard InChI is InChI=1S/C14H21FN2O/c15-12-6-5-11(14(16)9-12)10-17-7-1-3-13(17)4-2-8-18/h5-6,9,13,18H,1-4,7-8,10,16H2. The lowest BCUT2D eigenvalue weighted by Crippen LogP contribution is -2.29. The number of nitrogens with zero attached hydrogens (tertiary/aromatic N) is 1. The van der Waals surface area contributed by atoms with Crippen molar-refractivity contribution in [3.8, 4) is 0 Å². The van der Waals surface area contributed by atoms with Crippen molar-refractivity contribution in [2.24, 2.45) is 0 Å². The van der Waals surface area contributed by atoms with Gasteiger partial charge in [-0.25, -0.2) is 4.39 Å². The van der Waals surface area contributed by atoms with E-state index in [9.17, 15) is 4.39 Å². The zero-order chi connectivity index (χ0) is 13.0. The Morgan fingerprint density at radius 2 is 2.28 bits per heavy atom. The molecule has 0 radical (unpaired) electrons. The molecule has 1 saturated heterocycles. The molecule has 0 saturated carbocycles. The van der Waals surface area contributed by atoms with Gasteiger partial charge in [0.2, 0.25) is 0 Å². The Labute approximate surface area is 107 Å². The van der Waals surface area contributed by atoms with Crippen LogP contribution in [0.25, 0.3) is 0 Å². The highest BCUT2D eigenvalue weighted by molar-refractivity contribution is 5.46. The van der Waals surface area contributed by atoms with Gasteiger partial charge in [-0.1, -0.05) is 6.07 Å². The van der Waals surface area contributed by atoms with Gasteiger partial charge in [0.1, 0.15) is 5.82 Å². The van der Waals surface area contributed by atoms with Crippen LogP contribution in [0, 0.1) is 5.82 Å². The molecule has 1 aromatic rings. The molecule has 100 valence electrons. The number of halogens is 1. The van der Waals surface area contributed by atoms with E-state index in [1.165, 1.54) is 25.0 Å². The average molecular weight is 252 g/mol. The van der Waals surface area contributed by atoms with Crippen LogP contribution < -0.4 is 5.73 Å². The molecule has 1 fully saturated rings. The Bertz CT molecular complexity index is 397. The number of rotatable bonds is 5. The minimum atomic E-state index is -0.283. The first-order chi connectivity index (χ1) is 8.70. The lowest BCUT2D eigenvalue weighted by atomic mass is 10.1. The number of nitrogens with two attached hydrogens (primary N) is 1. The Hall–Kier alpha value is -1.13. The summed E-state index contributed by atoms with van der Waals surface area (Å²) >= 11 is 0. The fraction of sp³-hybridized carbons (Fsp3) is 0.571. The maximum absolute atomic E-state index is 13.0. The molecular formula is C14H21FN2O. The van der Waals surface area contributed by atoms with Crippen LogP contribution in [0.3, 0.4) is 0 Å². The predicted molar refractivity (Wildman–Crippen MR) is 70.6 cm³/mol. The quantitative estimate of drug-likeness (QED) is 0.789. The van der Waals surface area contributed by atoms with Crippen LogP contribution in [-0.2, 0) is 6.54 Å². The summed E-state index contributed by atoms with van der Waals surface area (Å²) in [6, 6.07) is 5.15. The second kappa shape index (κ2) is 6.16. The van der Waals surface area contributed by atoms with Crippen LogP contribution in [-0.4, -0.2) is 29.2 Å². The molecule has 1 aliphatic heterocycles. The van der Waals surface area contributed by atoms with Gasteiger partial charge in [-0.2, -0.15) is 0 Å². The molecule has 3 nitrogen and oxygen atoms in total. The van der Waals surface area contributed by atoms with Gasteiger partial charge in [-0.15, -0.1) is 0 Å². The van der Waals surface area contributed by atoms with Gasteiger partial charge in [0, 0.05) is 24.9 Å². The number of nitrogen functional groups attached to an aromatic ring is 1. The third-order valence-electron chi connectivity index (χ3n) is 3.68. The molecule has 0 aromatic heterocycles. The van der Waals surface area contributed by atoms with E-state index in [2.05, 4.69) is 4.90 Å². The molecule has 3 N–H and O–H groups in total. The van der Waals surface area contributed by atoms with E-state index >= 15 is 0 Å². The third-order valence-corrected chi connectivity index (χ3v) is 3.68. The number of hydrogen-bond acceptors (Lipinski definition) is 3. The number of anilines is 1. The summed E-state index contributed by atoms with van der Waals surface area (Å²) in [6.07, 6.45) is 4.25. The predicted octanol–water partition coefficient (Wildman–Crippen LogP) is 2.14. The number of benzene rings is 1. The molecule has 1 aromatic carbocycles. The molecule has 1 aliphatic rings. The van der Waals surface area contributed by atoms with Crippen molar-refractivity contribution in [1.29, 1.82) is 0 Å². The minimum absolute atomic E-state index is 0.253. The zero-order valence-corrected chi connectivity index (χ0v) is 10.6. The lowest BCUT2D eigenvalue weighted by molar-refractivity contribution is 0.210. The van der Waals surface area contributed by atoms with Crippen molar-refractivity contribution in [1.82, 2.24) is 4.90 Å². The molecule has 18 heavy (non-hydrogen) atoms. The lowest BCUT2D eigenvalue weighted by Gasteiger charge is -2.24. The van der Waals surface area contributed by atoms with Crippen molar-refractivity contribution in [2.75, 3.05) is 18.9 Å². The van der Waals surface area contributed by atoms with Gasteiger partial charge in [-0.3, -0.25) is 4.90 Å². The summed E-state index contributed by atoms with van der Waals surface area (Å²) in [6.45, 7) is 2.10. The van der Waals surface area contributed by atoms with Gasteiger partial charge in [0.25, 0.3) is 0 Å². The Kier molecular flexibility index (Phi) is 4.55. The SMILES string of the molecule is Nc1cc(F)ccc1CN1CCCC1CCCO. The first kappa shape index (κ1) is 13.3. The topological polar surface area (TPSA) is 49.5 Å². The highest BCUT2D eigenvalue weighted by Crippen LogP contribution is 2.25. The summed E-state index contributed by atoms with van der Waals surface area (Å²) in [4.78, 5) is 2.39. The van der Waals surface area contributed by atoms with Gasteiger partial charge in [0.15, 0.2) is 0 Å². The van der Waals surface area contributed by atoms with E-state index in [1.807, 2.05) is 0 Å². The van der Waals surface area contributed by atoms with Gasteiger partial charge >= 0.3 is 0 Å². The molecule has 1 heterocycles. The highest BCUT2D eigenvalue weighted by atomic mass is 19.1. The van der Waals surface area contributed by atoms with Crippen LogP contribution in [0.5, 0.6) is 0 Å². The maximum Gasteiger partial charge on any atom is 0.125 e. The first-order valence-corrected chi connectivity index (χ1v) is 6.59. The fourth-order valence-corrected chi connectivity index (χ4v) is 2.69. The summed E-state index contributed by atoms with van der Waals surface area (Å²) < 4.78 is 13.0. The second-order valence-electron chi connectivity index (χ2n) is 4.98. The molecule has 1 unspecified atom stereocenters. The smallest absolute Gasteiger partial charge is 0.125 e. The van der Waals surface area contributed by atoms with E-state index < -0.39 is 0 Å². The molecule has 0 aliphatic carbocycles.